The van der Waals surface area contributed by atoms with E-state index in [0.29, 0.717) is 5.92 Å². The van der Waals surface area contributed by atoms with Crippen molar-refractivity contribution in [3.8, 4) is 6.07 Å². The highest BCUT2D eigenvalue weighted by Gasteiger charge is 2.19. The molecule has 2 rings (SSSR count). The fraction of sp³-hybridized carbons (Fsp3) is 0.500. The second-order valence-corrected chi connectivity index (χ2v) is 3.81. The minimum Gasteiger partial charge on any atom is -0.381 e. The number of anilines is 1. The van der Waals surface area contributed by atoms with E-state index in [9.17, 15) is 0 Å². The van der Waals surface area contributed by atoms with E-state index in [1.807, 2.05) is 6.07 Å². The first-order valence-corrected chi connectivity index (χ1v) is 4.76. The fourth-order valence-corrected chi connectivity index (χ4v) is 1.78. The number of rotatable bonds is 0. The van der Waals surface area contributed by atoms with Crippen molar-refractivity contribution in [2.45, 2.75) is 26.2 Å². The molecule has 1 aromatic rings. The highest BCUT2D eigenvalue weighted by Crippen LogP contribution is 2.23. The summed E-state index contributed by atoms with van der Waals surface area (Å²) in [7, 11) is 0. The minimum atomic E-state index is 0.262. The van der Waals surface area contributed by atoms with E-state index in [4.69, 9.17) is 11.0 Å². The lowest BCUT2D eigenvalue weighted by molar-refractivity contribution is 0.484. The van der Waals surface area contributed by atoms with Crippen LogP contribution in [0.1, 0.15) is 30.4 Å². The van der Waals surface area contributed by atoms with E-state index in [2.05, 4.69) is 16.9 Å². The Hall–Kier alpha value is -1.63. The van der Waals surface area contributed by atoms with Gasteiger partial charge in [0.1, 0.15) is 6.07 Å². The van der Waals surface area contributed by atoms with Crippen molar-refractivity contribution in [3.63, 3.8) is 0 Å². The molecule has 4 heteroatoms. The molecular weight excluding hydrogens is 176 g/mol. The van der Waals surface area contributed by atoms with Crippen LogP contribution in [0.3, 0.4) is 0 Å². The van der Waals surface area contributed by atoms with Gasteiger partial charge in [0.25, 0.3) is 0 Å². The predicted molar refractivity (Wildman–Crippen MR) is 52.3 cm³/mol. The van der Waals surface area contributed by atoms with Crippen molar-refractivity contribution < 1.29 is 0 Å². The van der Waals surface area contributed by atoms with Gasteiger partial charge in [-0.05, 0) is 25.2 Å². The van der Waals surface area contributed by atoms with Crippen LogP contribution in [-0.2, 0) is 12.8 Å². The number of nitrogens with two attached hydrogens (primary N) is 1. The maximum absolute atomic E-state index is 8.74. The van der Waals surface area contributed by atoms with Crippen molar-refractivity contribution in [3.05, 3.63) is 17.1 Å². The third-order valence-electron chi connectivity index (χ3n) is 2.60. The SMILES string of the molecule is C[C@H]1CCc2nc(C#N)c(N)nc2C1. The van der Waals surface area contributed by atoms with Gasteiger partial charge in [-0.3, -0.25) is 0 Å². The molecular formula is C10H12N4. The molecule has 0 amide bonds. The molecule has 0 spiro atoms. The van der Waals surface area contributed by atoms with Crippen molar-refractivity contribution >= 4 is 5.82 Å². The second kappa shape index (κ2) is 3.26. The standard InChI is InChI=1S/C10H12N4/c1-6-2-3-7-8(4-6)14-10(12)9(5-11)13-7/h6H,2-4H2,1H3,(H2,12,14)/t6-/m0/s1. The van der Waals surface area contributed by atoms with Gasteiger partial charge in [0, 0.05) is 0 Å². The molecule has 0 aromatic carbocycles. The molecule has 0 bridgehead atoms. The van der Waals surface area contributed by atoms with Crippen LogP contribution in [0, 0.1) is 17.2 Å². The van der Waals surface area contributed by atoms with Crippen LogP contribution in [0.25, 0.3) is 0 Å². The quantitative estimate of drug-likeness (QED) is 0.660. The molecule has 0 saturated heterocycles. The van der Waals surface area contributed by atoms with E-state index in [-0.39, 0.29) is 11.5 Å². The number of nitrogen functional groups attached to an aromatic ring is 1. The lowest BCUT2D eigenvalue weighted by Gasteiger charge is -2.19. The molecule has 0 fully saturated rings. The highest BCUT2D eigenvalue weighted by molar-refractivity contribution is 5.45. The Morgan fingerprint density at radius 1 is 1.43 bits per heavy atom. The average molecular weight is 188 g/mol. The summed E-state index contributed by atoms with van der Waals surface area (Å²) in [5.41, 5.74) is 7.79. The van der Waals surface area contributed by atoms with E-state index >= 15 is 0 Å². The van der Waals surface area contributed by atoms with Crippen LogP contribution in [-0.4, -0.2) is 9.97 Å². The molecule has 72 valence electrons. The Labute approximate surface area is 82.8 Å². The average Bonchev–Trinajstić information content (AvgIpc) is 2.16. The Kier molecular flexibility index (Phi) is 2.08. The van der Waals surface area contributed by atoms with Gasteiger partial charge in [-0.1, -0.05) is 6.92 Å². The number of nitrogens with zero attached hydrogens (tertiary/aromatic N) is 3. The fourth-order valence-electron chi connectivity index (χ4n) is 1.78. The smallest absolute Gasteiger partial charge is 0.183 e. The molecule has 1 heterocycles. The van der Waals surface area contributed by atoms with Gasteiger partial charge < -0.3 is 5.73 Å². The number of aromatic nitrogens is 2. The third-order valence-corrected chi connectivity index (χ3v) is 2.60. The van der Waals surface area contributed by atoms with Gasteiger partial charge in [-0.2, -0.15) is 5.26 Å². The lowest BCUT2D eigenvalue weighted by atomic mass is 9.91. The van der Waals surface area contributed by atoms with Crippen molar-refractivity contribution in [1.29, 1.82) is 5.26 Å². The lowest BCUT2D eigenvalue weighted by Crippen LogP contribution is -2.17. The molecule has 0 aliphatic heterocycles. The maximum Gasteiger partial charge on any atom is 0.183 e. The van der Waals surface area contributed by atoms with Crippen LogP contribution < -0.4 is 5.73 Å². The molecule has 14 heavy (non-hydrogen) atoms. The monoisotopic (exact) mass is 188 g/mol. The molecule has 0 unspecified atom stereocenters. The molecule has 1 aliphatic rings. The van der Waals surface area contributed by atoms with Crippen LogP contribution in [0.15, 0.2) is 0 Å². The van der Waals surface area contributed by atoms with E-state index in [0.717, 1.165) is 30.7 Å². The summed E-state index contributed by atoms with van der Waals surface area (Å²) >= 11 is 0. The van der Waals surface area contributed by atoms with Gasteiger partial charge >= 0.3 is 0 Å². The number of hydrogen-bond donors (Lipinski definition) is 1. The third kappa shape index (κ3) is 1.41. The molecule has 1 atom stereocenters. The van der Waals surface area contributed by atoms with Gasteiger partial charge in [-0.25, -0.2) is 9.97 Å². The topological polar surface area (TPSA) is 75.6 Å². The Balaban J connectivity index is 2.47. The van der Waals surface area contributed by atoms with E-state index < -0.39 is 0 Å². The largest absolute Gasteiger partial charge is 0.381 e. The first-order chi connectivity index (χ1) is 6.70. The molecule has 1 aromatic heterocycles. The van der Waals surface area contributed by atoms with Gasteiger partial charge in [0.05, 0.1) is 11.4 Å². The second-order valence-electron chi connectivity index (χ2n) is 3.81. The first-order valence-electron chi connectivity index (χ1n) is 4.76. The normalized spacial score (nSPS) is 19.9. The number of aryl methyl sites for hydroxylation is 1. The Morgan fingerprint density at radius 3 is 2.93 bits per heavy atom. The van der Waals surface area contributed by atoms with Gasteiger partial charge in [0.2, 0.25) is 0 Å². The highest BCUT2D eigenvalue weighted by atomic mass is 14.9. The summed E-state index contributed by atoms with van der Waals surface area (Å²) in [6, 6.07) is 1.96. The number of nitriles is 1. The summed E-state index contributed by atoms with van der Waals surface area (Å²) in [6.45, 7) is 2.19. The Bertz CT molecular complexity index is 405. The first kappa shape index (κ1) is 8.95. The molecule has 0 saturated carbocycles. The molecule has 2 N–H and O–H groups in total. The van der Waals surface area contributed by atoms with Crippen molar-refractivity contribution in [2.75, 3.05) is 5.73 Å². The predicted octanol–water partition coefficient (Wildman–Crippen LogP) is 1.06. The summed E-state index contributed by atoms with van der Waals surface area (Å²) < 4.78 is 0. The summed E-state index contributed by atoms with van der Waals surface area (Å²) in [5.74, 6) is 0.907. The van der Waals surface area contributed by atoms with Crippen molar-refractivity contribution in [2.24, 2.45) is 5.92 Å². The minimum absolute atomic E-state index is 0.262. The maximum atomic E-state index is 8.74. The van der Waals surface area contributed by atoms with Crippen LogP contribution in [0.5, 0.6) is 0 Å². The Morgan fingerprint density at radius 2 is 2.21 bits per heavy atom. The molecule has 1 aliphatic carbocycles. The zero-order valence-electron chi connectivity index (χ0n) is 8.12. The van der Waals surface area contributed by atoms with Crippen LogP contribution in [0.4, 0.5) is 5.82 Å². The zero-order valence-corrected chi connectivity index (χ0v) is 8.12. The van der Waals surface area contributed by atoms with Crippen LogP contribution in [0.2, 0.25) is 0 Å². The summed E-state index contributed by atoms with van der Waals surface area (Å²) in [5, 5.41) is 8.74. The molecule has 0 radical (unpaired) electrons. The van der Waals surface area contributed by atoms with Crippen LogP contribution >= 0.6 is 0 Å². The van der Waals surface area contributed by atoms with E-state index in [1.54, 1.807) is 0 Å². The van der Waals surface area contributed by atoms with Crippen molar-refractivity contribution in [1.82, 2.24) is 9.97 Å². The number of hydrogen-bond acceptors (Lipinski definition) is 4. The summed E-state index contributed by atoms with van der Waals surface area (Å²) in [6.07, 6.45) is 2.97. The van der Waals surface area contributed by atoms with Gasteiger partial charge in [-0.15, -0.1) is 0 Å². The van der Waals surface area contributed by atoms with Gasteiger partial charge in [0.15, 0.2) is 11.5 Å². The summed E-state index contributed by atoms with van der Waals surface area (Å²) in [4.78, 5) is 8.44. The molecule has 4 nitrogen and oxygen atoms in total. The number of fused-ring (bicyclic) bond motifs is 1. The van der Waals surface area contributed by atoms with E-state index in [1.165, 1.54) is 0 Å². The zero-order chi connectivity index (χ0) is 10.1.